The number of rotatable bonds is 0. The molecule has 3 heteroatoms. The number of nitrogens with zero attached hydrogens (tertiary/aromatic N) is 2. The lowest BCUT2D eigenvalue weighted by Gasteiger charge is -1.78. The third-order valence-electron chi connectivity index (χ3n) is 0.409. The second kappa shape index (κ2) is 2.02. The molecule has 1 heterocycles. The average Bonchev–Trinajstić information content (AvgIpc) is 1.93. The smallest absolute Gasteiger partial charge is 0.128 e. The zero-order chi connectivity index (χ0) is 7.72. The second-order valence-corrected chi connectivity index (χ2v) is 1.60. The zero-order valence-corrected chi connectivity index (χ0v) is 4.86. The van der Waals surface area contributed by atoms with Crippen molar-refractivity contribution in [3.8, 4) is 0 Å². The van der Waals surface area contributed by atoms with Crippen molar-refractivity contribution < 1.29 is 4.11 Å². The van der Waals surface area contributed by atoms with Gasteiger partial charge in [-0.1, -0.05) is 0 Å². The van der Waals surface area contributed by atoms with Crippen LogP contribution in [0.15, 0.2) is 22.9 Å². The van der Waals surface area contributed by atoms with Crippen molar-refractivity contribution in [2.24, 2.45) is 0 Å². The molecule has 0 unspecified atom stereocenters. The fourth-order valence-corrected chi connectivity index (χ4v) is 0.377. The minimum atomic E-state index is -0.270. The molecule has 0 spiro atoms. The summed E-state index contributed by atoms with van der Waals surface area (Å²) in [5, 5.41) is 6.71. The molecule has 0 saturated carbocycles. The standard InChI is InChI=1S/C4H3BrN2/c5-4-2-1-3-6-7-4/h1-3H/i1D,2D,3D. The van der Waals surface area contributed by atoms with Gasteiger partial charge in [0.2, 0.25) is 0 Å². The van der Waals surface area contributed by atoms with E-state index in [1.54, 1.807) is 0 Å². The van der Waals surface area contributed by atoms with E-state index in [4.69, 9.17) is 4.11 Å². The van der Waals surface area contributed by atoms with Crippen LogP contribution in [0.4, 0.5) is 0 Å². The predicted molar refractivity (Wildman–Crippen MR) is 29.7 cm³/mol. The highest BCUT2D eigenvalue weighted by atomic mass is 79.9. The molecule has 0 aromatic carbocycles. The van der Waals surface area contributed by atoms with Crippen molar-refractivity contribution in [2.45, 2.75) is 0 Å². The van der Waals surface area contributed by atoms with Gasteiger partial charge in [0, 0.05) is 6.17 Å². The first-order chi connectivity index (χ1) is 4.63. The van der Waals surface area contributed by atoms with Crippen molar-refractivity contribution in [1.82, 2.24) is 10.2 Å². The van der Waals surface area contributed by atoms with E-state index < -0.39 is 0 Å². The van der Waals surface area contributed by atoms with Crippen molar-refractivity contribution in [3.63, 3.8) is 0 Å². The third-order valence-corrected chi connectivity index (χ3v) is 0.766. The molecule has 0 aliphatic rings. The van der Waals surface area contributed by atoms with E-state index in [9.17, 15) is 0 Å². The Kier molecular flexibility index (Phi) is 0.641. The molecule has 1 aromatic rings. The van der Waals surface area contributed by atoms with Crippen LogP contribution in [0.25, 0.3) is 0 Å². The number of hydrogen-bond acceptors (Lipinski definition) is 2. The van der Waals surface area contributed by atoms with E-state index in [-0.39, 0.29) is 22.9 Å². The predicted octanol–water partition coefficient (Wildman–Crippen LogP) is 1.24. The minimum Gasteiger partial charge on any atom is -0.158 e. The zero-order valence-electron chi connectivity index (χ0n) is 6.27. The highest BCUT2D eigenvalue weighted by Crippen LogP contribution is 1.98. The maximum Gasteiger partial charge on any atom is 0.128 e. The van der Waals surface area contributed by atoms with Gasteiger partial charge in [-0.15, -0.1) is 5.10 Å². The normalized spacial score (nSPS) is 14.7. The maximum absolute atomic E-state index is 7.13. The van der Waals surface area contributed by atoms with Gasteiger partial charge in [0.1, 0.15) is 4.60 Å². The van der Waals surface area contributed by atoms with Crippen molar-refractivity contribution in [3.05, 3.63) is 22.9 Å². The van der Waals surface area contributed by atoms with Gasteiger partial charge in [-0.2, -0.15) is 5.10 Å². The summed E-state index contributed by atoms with van der Waals surface area (Å²) in [4.78, 5) is 0. The summed E-state index contributed by atoms with van der Waals surface area (Å²) in [5.41, 5.74) is 0. The van der Waals surface area contributed by atoms with Crippen molar-refractivity contribution in [2.75, 3.05) is 0 Å². The first kappa shape index (κ1) is 2.22. The molecule has 0 aliphatic heterocycles. The third kappa shape index (κ3) is 1.23. The van der Waals surface area contributed by atoms with Gasteiger partial charge >= 0.3 is 0 Å². The van der Waals surface area contributed by atoms with Gasteiger partial charge in [-0.05, 0) is 28.0 Å². The summed E-state index contributed by atoms with van der Waals surface area (Å²) in [7, 11) is 0. The van der Waals surface area contributed by atoms with Gasteiger partial charge in [0.15, 0.2) is 0 Å². The lowest BCUT2D eigenvalue weighted by Crippen LogP contribution is -1.75. The van der Waals surface area contributed by atoms with E-state index in [1.165, 1.54) is 0 Å². The Bertz CT molecular complexity index is 238. The molecule has 0 saturated heterocycles. The van der Waals surface area contributed by atoms with Crippen molar-refractivity contribution in [1.29, 1.82) is 0 Å². The van der Waals surface area contributed by atoms with Crippen LogP contribution in [0.3, 0.4) is 0 Å². The van der Waals surface area contributed by atoms with Crippen LogP contribution in [0.2, 0.25) is 0 Å². The molecule has 0 fully saturated rings. The van der Waals surface area contributed by atoms with E-state index in [2.05, 4.69) is 26.1 Å². The van der Waals surface area contributed by atoms with Crippen LogP contribution in [0.5, 0.6) is 0 Å². The summed E-state index contributed by atoms with van der Waals surface area (Å²) in [6.07, 6.45) is -0.270. The lowest BCUT2D eigenvalue weighted by molar-refractivity contribution is 1.00. The fraction of sp³-hybridized carbons (Fsp3) is 0. The molecule has 0 N–H and O–H groups in total. The van der Waals surface area contributed by atoms with Gasteiger partial charge in [-0.25, -0.2) is 0 Å². The molecule has 1 aromatic heterocycles. The van der Waals surface area contributed by atoms with E-state index in [1.807, 2.05) is 0 Å². The Morgan fingerprint density at radius 2 is 2.71 bits per heavy atom. The van der Waals surface area contributed by atoms with E-state index >= 15 is 0 Å². The average molecular weight is 162 g/mol. The second-order valence-electron chi connectivity index (χ2n) is 0.853. The van der Waals surface area contributed by atoms with Crippen LogP contribution < -0.4 is 0 Å². The number of hydrogen-bond donors (Lipinski definition) is 0. The monoisotopic (exact) mass is 161 g/mol. The Balaban J connectivity index is 3.34. The Labute approximate surface area is 53.9 Å². The number of aromatic nitrogens is 2. The Hall–Kier alpha value is -0.440. The highest BCUT2D eigenvalue weighted by Gasteiger charge is 1.77. The summed E-state index contributed by atoms with van der Waals surface area (Å²) in [5.74, 6) is 0. The molecular formula is C4H3BrN2. The molecule has 0 radical (unpaired) electrons. The van der Waals surface area contributed by atoms with Gasteiger partial charge in [0.25, 0.3) is 0 Å². The largest absolute Gasteiger partial charge is 0.158 e. The molecule has 0 bridgehead atoms. The van der Waals surface area contributed by atoms with Crippen molar-refractivity contribution >= 4 is 15.9 Å². The topological polar surface area (TPSA) is 25.8 Å². The minimum absolute atomic E-state index is 0.0972. The van der Waals surface area contributed by atoms with Gasteiger partial charge < -0.3 is 0 Å². The lowest BCUT2D eigenvalue weighted by atomic mass is 10.6. The molecule has 7 heavy (non-hydrogen) atoms. The fourth-order valence-electron chi connectivity index (χ4n) is 0.198. The van der Waals surface area contributed by atoms with Crippen LogP contribution in [0, 0.1) is 0 Å². The van der Waals surface area contributed by atoms with Crippen LogP contribution >= 0.6 is 15.9 Å². The first-order valence-electron chi connectivity index (χ1n) is 3.09. The molecule has 0 aliphatic carbocycles. The molecule has 2 nitrogen and oxygen atoms in total. The molecule has 0 amide bonds. The maximum atomic E-state index is 7.13. The summed E-state index contributed by atoms with van der Waals surface area (Å²) < 4.78 is 21.4. The quantitative estimate of drug-likeness (QED) is 0.573. The Morgan fingerprint density at radius 1 is 1.86 bits per heavy atom. The molecule has 1 rings (SSSR count). The first-order valence-corrected chi connectivity index (χ1v) is 2.38. The van der Waals surface area contributed by atoms with Gasteiger partial charge in [-0.3, -0.25) is 0 Å². The Morgan fingerprint density at radius 3 is 3.43 bits per heavy atom. The molecule has 0 atom stereocenters. The molecular weight excluding hydrogens is 156 g/mol. The SMILES string of the molecule is [2H]c1nnc(Br)c([2H])c1[2H]. The highest BCUT2D eigenvalue weighted by molar-refractivity contribution is 9.10. The van der Waals surface area contributed by atoms with E-state index in [0.29, 0.717) is 0 Å². The number of halogens is 1. The van der Waals surface area contributed by atoms with Crippen LogP contribution in [0.1, 0.15) is 4.11 Å². The van der Waals surface area contributed by atoms with Crippen LogP contribution in [-0.4, -0.2) is 10.2 Å². The van der Waals surface area contributed by atoms with Gasteiger partial charge in [0.05, 0.1) is 4.11 Å². The van der Waals surface area contributed by atoms with Crippen LogP contribution in [-0.2, 0) is 0 Å². The molecule has 36 valence electrons. The summed E-state index contributed by atoms with van der Waals surface area (Å²) in [6, 6.07) is -0.304. The summed E-state index contributed by atoms with van der Waals surface area (Å²) >= 11 is 2.92. The van der Waals surface area contributed by atoms with E-state index in [0.717, 1.165) is 0 Å². The summed E-state index contributed by atoms with van der Waals surface area (Å²) in [6.45, 7) is 0.